The van der Waals surface area contributed by atoms with Gasteiger partial charge in [0.05, 0.1) is 17.1 Å². The number of carboxylic acid groups (broad SMARTS) is 1. The van der Waals surface area contributed by atoms with Gasteiger partial charge in [0.1, 0.15) is 5.22 Å². The summed E-state index contributed by atoms with van der Waals surface area (Å²) in [5.74, 6) is -0.581. The van der Waals surface area contributed by atoms with Crippen molar-refractivity contribution in [3.8, 4) is 0 Å². The Morgan fingerprint density at radius 2 is 2.21 bits per heavy atom. The molecule has 0 saturated carbocycles. The SMILES string of the molecule is N/C(CCn1ccc2cc(C(=O)O)ccc21)=N\N=[NH2+]. The number of hydrogen-bond donors (Lipinski definition) is 3. The molecule has 0 fully saturated rings. The van der Waals surface area contributed by atoms with Crippen molar-refractivity contribution in [3.63, 3.8) is 0 Å². The summed E-state index contributed by atoms with van der Waals surface area (Å²) in [6.45, 7) is 0.626. The second-order valence-electron chi connectivity index (χ2n) is 4.04. The van der Waals surface area contributed by atoms with Gasteiger partial charge in [-0.3, -0.25) is 0 Å². The summed E-state index contributed by atoms with van der Waals surface area (Å²) in [7, 11) is 0. The van der Waals surface area contributed by atoms with Crippen LogP contribution in [0.1, 0.15) is 16.8 Å². The number of aromatic carboxylic acids is 1. The Kier molecular flexibility index (Phi) is 3.56. The van der Waals surface area contributed by atoms with E-state index in [0.29, 0.717) is 18.8 Å². The van der Waals surface area contributed by atoms with Crippen LogP contribution in [0.4, 0.5) is 0 Å². The monoisotopic (exact) mass is 260 g/mol. The number of hydrogen-bond acceptors (Lipinski definition) is 2. The molecule has 7 nitrogen and oxygen atoms in total. The molecule has 0 aliphatic heterocycles. The topological polar surface area (TPSA) is 119 Å². The van der Waals surface area contributed by atoms with Crippen LogP contribution in [-0.4, -0.2) is 21.5 Å². The number of carboxylic acids is 1. The number of aryl methyl sites for hydroxylation is 1. The van der Waals surface area contributed by atoms with Crippen LogP contribution >= 0.6 is 0 Å². The average Bonchev–Trinajstić information content (AvgIpc) is 2.79. The zero-order valence-electron chi connectivity index (χ0n) is 10.2. The van der Waals surface area contributed by atoms with E-state index in [1.165, 1.54) is 0 Å². The third-order valence-electron chi connectivity index (χ3n) is 2.81. The van der Waals surface area contributed by atoms with Crippen molar-refractivity contribution in [2.45, 2.75) is 13.0 Å². The number of nitrogens with zero attached hydrogens (tertiary/aromatic N) is 3. The van der Waals surface area contributed by atoms with Crippen molar-refractivity contribution < 1.29 is 15.4 Å². The molecule has 7 heteroatoms. The Labute approximate surface area is 108 Å². The van der Waals surface area contributed by atoms with Crippen molar-refractivity contribution in [3.05, 3.63) is 36.0 Å². The molecular weight excluding hydrogens is 246 g/mol. The lowest BCUT2D eigenvalue weighted by Gasteiger charge is -2.03. The van der Waals surface area contributed by atoms with Crippen LogP contribution in [0.25, 0.3) is 10.9 Å². The van der Waals surface area contributed by atoms with Crippen LogP contribution in [-0.2, 0) is 6.54 Å². The molecule has 1 aromatic heterocycles. The first-order valence-corrected chi connectivity index (χ1v) is 5.66. The van der Waals surface area contributed by atoms with Crippen molar-refractivity contribution in [2.24, 2.45) is 16.1 Å². The molecule has 0 aliphatic carbocycles. The van der Waals surface area contributed by atoms with Gasteiger partial charge in [0, 0.05) is 23.6 Å². The minimum Gasteiger partial charge on any atom is -0.478 e. The van der Waals surface area contributed by atoms with Crippen LogP contribution in [0.15, 0.2) is 40.8 Å². The third kappa shape index (κ3) is 2.76. The highest BCUT2D eigenvalue weighted by Gasteiger charge is 2.07. The van der Waals surface area contributed by atoms with Gasteiger partial charge in [-0.05, 0) is 24.3 Å². The number of fused-ring (bicyclic) bond motifs is 1. The highest BCUT2D eigenvalue weighted by atomic mass is 16.4. The normalized spacial score (nSPS) is 11.7. The van der Waals surface area contributed by atoms with Crippen molar-refractivity contribution >= 4 is 22.7 Å². The number of nitrogens with two attached hydrogens (primary N) is 2. The Hall–Kier alpha value is -2.70. The van der Waals surface area contributed by atoms with Crippen LogP contribution in [0.3, 0.4) is 0 Å². The van der Waals surface area contributed by atoms with Gasteiger partial charge in [-0.2, -0.15) is 5.53 Å². The Bertz CT molecular complexity index is 659. The summed E-state index contributed by atoms with van der Waals surface area (Å²) in [6.07, 6.45) is 2.40. The number of aromatic nitrogens is 1. The minimum atomic E-state index is -0.935. The fourth-order valence-corrected chi connectivity index (χ4v) is 1.89. The summed E-state index contributed by atoms with van der Waals surface area (Å²) in [6, 6.07) is 6.86. The molecule has 2 aromatic rings. The average molecular weight is 260 g/mol. The fourth-order valence-electron chi connectivity index (χ4n) is 1.89. The quantitative estimate of drug-likeness (QED) is 0.308. The van der Waals surface area contributed by atoms with E-state index in [0.717, 1.165) is 10.9 Å². The van der Waals surface area contributed by atoms with Gasteiger partial charge in [0.2, 0.25) is 5.84 Å². The fraction of sp³-hybridized carbons (Fsp3) is 0.167. The molecule has 2 rings (SSSR count). The first-order chi connectivity index (χ1) is 9.11. The lowest BCUT2D eigenvalue weighted by Crippen LogP contribution is -2.24. The van der Waals surface area contributed by atoms with Gasteiger partial charge in [0.15, 0.2) is 0 Å². The molecule has 1 heterocycles. The van der Waals surface area contributed by atoms with Gasteiger partial charge in [-0.1, -0.05) is 0 Å². The van der Waals surface area contributed by atoms with E-state index in [-0.39, 0.29) is 5.56 Å². The summed E-state index contributed by atoms with van der Waals surface area (Å²) < 4.78 is 1.97. The predicted octanol–water partition coefficient (Wildman–Crippen LogP) is 0.213. The Balaban J connectivity index is 2.23. The molecule has 5 N–H and O–H groups in total. The number of rotatable bonds is 5. The zero-order chi connectivity index (χ0) is 13.8. The van der Waals surface area contributed by atoms with E-state index < -0.39 is 5.97 Å². The standard InChI is InChI=1S/C12H13N5O2/c13-11(15-16-14)4-6-17-5-3-8-7-9(12(18)19)1-2-10(8)17/h1-3,5,7H,4,6H2,(H,18,19)(H3,13,14,15)/p+1. The lowest BCUT2D eigenvalue weighted by molar-refractivity contribution is -0.221. The van der Waals surface area contributed by atoms with Gasteiger partial charge in [-0.15, -0.1) is 0 Å². The van der Waals surface area contributed by atoms with Crippen molar-refractivity contribution in [1.82, 2.24) is 4.57 Å². The Morgan fingerprint density at radius 1 is 1.42 bits per heavy atom. The number of carbonyl (C=O) groups is 1. The van der Waals surface area contributed by atoms with E-state index in [1.807, 2.05) is 16.8 Å². The van der Waals surface area contributed by atoms with Crippen LogP contribution < -0.4 is 11.3 Å². The summed E-state index contributed by atoms with van der Waals surface area (Å²) in [4.78, 5) is 10.9. The molecule has 19 heavy (non-hydrogen) atoms. The smallest absolute Gasteiger partial charge is 0.335 e. The second-order valence-corrected chi connectivity index (χ2v) is 4.04. The minimum absolute atomic E-state index is 0.272. The number of amidine groups is 1. The van der Waals surface area contributed by atoms with E-state index in [4.69, 9.17) is 16.4 Å². The van der Waals surface area contributed by atoms with Gasteiger partial charge in [0.25, 0.3) is 0 Å². The molecule has 0 unspecified atom stereocenters. The van der Waals surface area contributed by atoms with Gasteiger partial charge in [-0.25, -0.2) is 4.79 Å². The van der Waals surface area contributed by atoms with E-state index in [9.17, 15) is 4.79 Å². The first kappa shape index (κ1) is 12.7. The maximum Gasteiger partial charge on any atom is 0.335 e. The van der Waals surface area contributed by atoms with E-state index in [2.05, 4.69) is 10.3 Å². The molecule has 98 valence electrons. The molecule has 0 radical (unpaired) electrons. The lowest BCUT2D eigenvalue weighted by atomic mass is 10.1. The van der Waals surface area contributed by atoms with E-state index in [1.54, 1.807) is 18.2 Å². The summed E-state index contributed by atoms with van der Waals surface area (Å²) in [5.41, 5.74) is 11.7. The second kappa shape index (κ2) is 5.30. The molecule has 0 aliphatic rings. The predicted molar refractivity (Wildman–Crippen MR) is 69.5 cm³/mol. The Morgan fingerprint density at radius 3 is 2.89 bits per heavy atom. The highest BCUT2D eigenvalue weighted by Crippen LogP contribution is 2.18. The number of benzene rings is 1. The molecule has 1 aromatic carbocycles. The maximum atomic E-state index is 10.9. The van der Waals surface area contributed by atoms with Crippen molar-refractivity contribution in [1.29, 1.82) is 0 Å². The van der Waals surface area contributed by atoms with Gasteiger partial charge < -0.3 is 15.4 Å². The molecule has 0 saturated heterocycles. The molecule has 0 atom stereocenters. The molecule has 0 amide bonds. The summed E-state index contributed by atoms with van der Waals surface area (Å²) in [5, 5.41) is 16.5. The maximum absolute atomic E-state index is 10.9. The molecule has 0 spiro atoms. The summed E-state index contributed by atoms with van der Waals surface area (Å²) >= 11 is 0. The zero-order valence-corrected chi connectivity index (χ0v) is 10.2. The first-order valence-electron chi connectivity index (χ1n) is 5.66. The third-order valence-corrected chi connectivity index (χ3v) is 2.81. The van der Waals surface area contributed by atoms with Gasteiger partial charge >= 0.3 is 5.97 Å². The van der Waals surface area contributed by atoms with Crippen molar-refractivity contribution in [2.75, 3.05) is 0 Å². The molecule has 0 bridgehead atoms. The molecular formula is C12H14N5O2+. The highest BCUT2D eigenvalue weighted by molar-refractivity contribution is 5.93. The van der Waals surface area contributed by atoms with Crippen LogP contribution in [0.2, 0.25) is 0 Å². The van der Waals surface area contributed by atoms with Crippen LogP contribution in [0, 0.1) is 0 Å². The largest absolute Gasteiger partial charge is 0.478 e. The van der Waals surface area contributed by atoms with Crippen LogP contribution in [0.5, 0.6) is 0 Å². The van der Waals surface area contributed by atoms with E-state index >= 15 is 0 Å².